The van der Waals surface area contributed by atoms with E-state index in [1.165, 1.54) is 18.4 Å². The molecule has 1 aromatic rings. The van der Waals surface area contributed by atoms with Crippen LogP contribution in [-0.2, 0) is 11.3 Å². The van der Waals surface area contributed by atoms with Gasteiger partial charge in [-0.1, -0.05) is 30.3 Å². The molecule has 2 atom stereocenters. The number of benzene rings is 1. The number of fused-ring (bicyclic) bond motifs is 2. The third-order valence-electron chi connectivity index (χ3n) is 5.03. The molecule has 0 amide bonds. The maximum atomic E-state index is 12.2. The third kappa shape index (κ3) is 3.16. The Balaban J connectivity index is 1.62. The van der Waals surface area contributed by atoms with Crippen molar-refractivity contribution in [3.8, 4) is 6.07 Å². The molecule has 2 aliphatic heterocycles. The van der Waals surface area contributed by atoms with Gasteiger partial charge in [0.2, 0.25) is 0 Å². The highest BCUT2D eigenvalue weighted by Gasteiger charge is 2.42. The highest BCUT2D eigenvalue weighted by atomic mass is 16.1. The maximum absolute atomic E-state index is 12.2. The SMILES string of the molecule is N#CCCC(=O)C1CC2CCC(C1)N2Cc1ccccc1. The van der Waals surface area contributed by atoms with Gasteiger partial charge in [0.15, 0.2) is 0 Å². The van der Waals surface area contributed by atoms with Gasteiger partial charge in [-0.15, -0.1) is 0 Å². The van der Waals surface area contributed by atoms with Crippen molar-refractivity contribution in [1.29, 1.82) is 5.26 Å². The number of ketones is 1. The fourth-order valence-electron chi connectivity index (χ4n) is 3.97. The van der Waals surface area contributed by atoms with Crippen molar-refractivity contribution in [1.82, 2.24) is 4.90 Å². The monoisotopic (exact) mass is 282 g/mol. The Morgan fingerprint density at radius 3 is 2.48 bits per heavy atom. The van der Waals surface area contributed by atoms with Gasteiger partial charge in [-0.05, 0) is 31.2 Å². The molecule has 3 nitrogen and oxygen atoms in total. The van der Waals surface area contributed by atoms with Crippen LogP contribution in [0.15, 0.2) is 30.3 Å². The van der Waals surface area contributed by atoms with Crippen molar-refractivity contribution in [3.05, 3.63) is 35.9 Å². The van der Waals surface area contributed by atoms with Crippen LogP contribution >= 0.6 is 0 Å². The minimum atomic E-state index is 0.197. The van der Waals surface area contributed by atoms with E-state index in [1.807, 2.05) is 0 Å². The third-order valence-corrected chi connectivity index (χ3v) is 5.03. The van der Waals surface area contributed by atoms with Gasteiger partial charge >= 0.3 is 0 Å². The first-order valence-corrected chi connectivity index (χ1v) is 7.97. The van der Waals surface area contributed by atoms with E-state index < -0.39 is 0 Å². The molecule has 21 heavy (non-hydrogen) atoms. The number of Topliss-reactive ketones (excluding diaryl/α,β-unsaturated/α-hetero) is 1. The lowest BCUT2D eigenvalue weighted by Gasteiger charge is -2.38. The van der Waals surface area contributed by atoms with Gasteiger partial charge < -0.3 is 0 Å². The molecule has 2 heterocycles. The Kier molecular flexibility index (Phi) is 4.36. The first kappa shape index (κ1) is 14.3. The van der Waals surface area contributed by atoms with Crippen LogP contribution < -0.4 is 0 Å². The second-order valence-electron chi connectivity index (χ2n) is 6.34. The standard InChI is InChI=1S/C18H22N2O/c19-10-4-7-18(21)15-11-16-8-9-17(12-15)20(16)13-14-5-2-1-3-6-14/h1-3,5-6,15-17H,4,7-9,11-13H2. The van der Waals surface area contributed by atoms with Crippen LogP contribution in [0.25, 0.3) is 0 Å². The van der Waals surface area contributed by atoms with Gasteiger partial charge in [0.05, 0.1) is 6.07 Å². The van der Waals surface area contributed by atoms with Crippen LogP contribution in [-0.4, -0.2) is 22.8 Å². The van der Waals surface area contributed by atoms with E-state index in [4.69, 9.17) is 5.26 Å². The predicted octanol–water partition coefficient (Wildman–Crippen LogP) is 3.30. The minimum absolute atomic E-state index is 0.197. The summed E-state index contributed by atoms with van der Waals surface area (Å²) in [5.41, 5.74) is 1.36. The smallest absolute Gasteiger partial charge is 0.137 e. The molecule has 0 aliphatic carbocycles. The van der Waals surface area contributed by atoms with E-state index in [2.05, 4.69) is 41.3 Å². The zero-order valence-electron chi connectivity index (χ0n) is 12.4. The number of hydrogen-bond acceptors (Lipinski definition) is 3. The highest BCUT2D eigenvalue weighted by molar-refractivity contribution is 5.81. The van der Waals surface area contributed by atoms with Gasteiger partial charge in [-0.2, -0.15) is 5.26 Å². The Morgan fingerprint density at radius 1 is 1.19 bits per heavy atom. The average molecular weight is 282 g/mol. The molecule has 2 fully saturated rings. The van der Waals surface area contributed by atoms with Crippen molar-refractivity contribution >= 4 is 5.78 Å². The average Bonchev–Trinajstić information content (AvgIpc) is 2.75. The summed E-state index contributed by atoms with van der Waals surface area (Å²) in [4.78, 5) is 14.8. The number of rotatable bonds is 5. The van der Waals surface area contributed by atoms with Crippen LogP contribution in [0.4, 0.5) is 0 Å². The molecule has 3 rings (SSSR count). The lowest BCUT2D eigenvalue weighted by Crippen LogP contribution is -2.44. The zero-order chi connectivity index (χ0) is 14.7. The zero-order valence-corrected chi connectivity index (χ0v) is 12.4. The number of carbonyl (C=O) groups is 1. The van der Waals surface area contributed by atoms with Gasteiger partial charge in [0.1, 0.15) is 5.78 Å². The van der Waals surface area contributed by atoms with Crippen molar-refractivity contribution in [3.63, 3.8) is 0 Å². The Bertz CT molecular complexity index is 520. The van der Waals surface area contributed by atoms with E-state index in [-0.39, 0.29) is 5.92 Å². The van der Waals surface area contributed by atoms with Crippen molar-refractivity contribution in [2.75, 3.05) is 0 Å². The topological polar surface area (TPSA) is 44.1 Å². The van der Waals surface area contributed by atoms with E-state index >= 15 is 0 Å². The van der Waals surface area contributed by atoms with Gasteiger partial charge in [0, 0.05) is 37.4 Å². The number of carbonyl (C=O) groups excluding carboxylic acids is 1. The molecule has 1 aromatic carbocycles. The Labute approximate surface area is 126 Å². The molecule has 2 saturated heterocycles. The summed E-state index contributed by atoms with van der Waals surface area (Å²) in [7, 11) is 0. The first-order chi connectivity index (χ1) is 10.3. The molecule has 2 aliphatic rings. The molecular formula is C18H22N2O. The number of nitriles is 1. The molecule has 110 valence electrons. The van der Waals surface area contributed by atoms with Crippen molar-refractivity contribution in [2.24, 2.45) is 5.92 Å². The van der Waals surface area contributed by atoms with Crippen molar-refractivity contribution in [2.45, 2.75) is 57.2 Å². The molecule has 3 heteroatoms. The normalized spacial score (nSPS) is 28.2. The van der Waals surface area contributed by atoms with Gasteiger partial charge in [-0.25, -0.2) is 0 Å². The second kappa shape index (κ2) is 6.41. The van der Waals surface area contributed by atoms with Crippen LogP contribution in [0.3, 0.4) is 0 Å². The summed E-state index contributed by atoms with van der Waals surface area (Å²) >= 11 is 0. The molecule has 0 N–H and O–H groups in total. The van der Waals surface area contributed by atoms with E-state index in [1.54, 1.807) is 0 Å². The lowest BCUT2D eigenvalue weighted by molar-refractivity contribution is -0.125. The molecule has 2 unspecified atom stereocenters. The molecule has 0 aromatic heterocycles. The van der Waals surface area contributed by atoms with E-state index in [0.29, 0.717) is 30.7 Å². The summed E-state index contributed by atoms with van der Waals surface area (Å²) < 4.78 is 0. The summed E-state index contributed by atoms with van der Waals surface area (Å²) in [6.07, 6.45) is 5.25. The fraction of sp³-hybridized carbons (Fsp3) is 0.556. The largest absolute Gasteiger partial charge is 0.299 e. The lowest BCUT2D eigenvalue weighted by atomic mass is 9.85. The second-order valence-corrected chi connectivity index (χ2v) is 6.34. The molecule has 0 spiro atoms. The summed E-state index contributed by atoms with van der Waals surface area (Å²) in [5.74, 6) is 0.510. The summed E-state index contributed by atoms with van der Waals surface area (Å²) in [6, 6.07) is 13.8. The van der Waals surface area contributed by atoms with E-state index in [9.17, 15) is 4.79 Å². The van der Waals surface area contributed by atoms with Crippen LogP contribution in [0.2, 0.25) is 0 Å². The Morgan fingerprint density at radius 2 is 1.86 bits per heavy atom. The maximum Gasteiger partial charge on any atom is 0.137 e. The summed E-state index contributed by atoms with van der Waals surface area (Å²) in [6.45, 7) is 1.01. The number of piperidine rings is 1. The summed E-state index contributed by atoms with van der Waals surface area (Å²) in [5, 5.41) is 8.63. The van der Waals surface area contributed by atoms with Crippen LogP contribution in [0, 0.1) is 17.2 Å². The van der Waals surface area contributed by atoms with Crippen molar-refractivity contribution < 1.29 is 4.79 Å². The van der Waals surface area contributed by atoms with Crippen LogP contribution in [0.1, 0.15) is 44.1 Å². The molecule has 0 radical (unpaired) electrons. The number of hydrogen-bond donors (Lipinski definition) is 0. The molecule has 2 bridgehead atoms. The molecular weight excluding hydrogens is 260 g/mol. The fourth-order valence-corrected chi connectivity index (χ4v) is 3.97. The quantitative estimate of drug-likeness (QED) is 0.832. The predicted molar refractivity (Wildman–Crippen MR) is 81.4 cm³/mol. The first-order valence-electron chi connectivity index (χ1n) is 7.97. The van der Waals surface area contributed by atoms with Gasteiger partial charge in [-0.3, -0.25) is 9.69 Å². The van der Waals surface area contributed by atoms with E-state index in [0.717, 1.165) is 19.4 Å². The number of nitrogens with zero attached hydrogens (tertiary/aromatic N) is 2. The van der Waals surface area contributed by atoms with Gasteiger partial charge in [0.25, 0.3) is 0 Å². The minimum Gasteiger partial charge on any atom is -0.299 e. The molecule has 0 saturated carbocycles. The van der Waals surface area contributed by atoms with Crippen LogP contribution in [0.5, 0.6) is 0 Å². The Hall–Kier alpha value is -1.66. The highest BCUT2D eigenvalue weighted by Crippen LogP contribution is 2.40.